The fraction of sp³-hybridized carbons (Fsp3) is 0.154. The van der Waals surface area contributed by atoms with Crippen molar-refractivity contribution < 1.29 is 18.0 Å². The molecule has 202 valence electrons. The average molecular weight is 576 g/mol. The van der Waals surface area contributed by atoms with Crippen molar-refractivity contribution in [2.24, 2.45) is 16.0 Å². The number of hydrogen-bond donors (Lipinski definition) is 3. The number of nitrogens with one attached hydrogen (secondary N) is 2. The molecule has 1 amide bonds. The van der Waals surface area contributed by atoms with Gasteiger partial charge >= 0.3 is 6.18 Å². The fourth-order valence-corrected chi connectivity index (χ4v) is 4.56. The maximum absolute atomic E-state index is 13.0. The monoisotopic (exact) mass is 575 g/mol. The number of hydrogen-bond acceptors (Lipinski definition) is 5. The molecule has 1 aliphatic carbocycles. The second-order valence-corrected chi connectivity index (χ2v) is 9.51. The van der Waals surface area contributed by atoms with Gasteiger partial charge in [-0.15, -0.1) is 16.7 Å². The Kier molecular flexibility index (Phi) is 8.54. The van der Waals surface area contributed by atoms with Crippen LogP contribution in [0.2, 0.25) is 0 Å². The predicted molar refractivity (Wildman–Crippen MR) is 146 cm³/mol. The summed E-state index contributed by atoms with van der Waals surface area (Å²) >= 11 is 12.7. The zero-order chi connectivity index (χ0) is 28.2. The molecule has 4 N–H and O–H groups in total. The number of nitrogens with zero attached hydrogens (tertiary/aromatic N) is 4. The minimum Gasteiger partial charge on any atom is -0.293 e. The molecule has 0 aliphatic heterocycles. The molecule has 1 atom stereocenters. The third-order valence-electron chi connectivity index (χ3n) is 5.73. The van der Waals surface area contributed by atoms with E-state index in [0.717, 1.165) is 23.3 Å². The van der Waals surface area contributed by atoms with Crippen molar-refractivity contribution >= 4 is 47.4 Å². The Morgan fingerprint density at radius 1 is 1.18 bits per heavy atom. The molecular weight excluding hydrogens is 554 g/mol. The molecule has 4 rings (SSSR count). The first-order valence-electron chi connectivity index (χ1n) is 11.5. The topological polar surface area (TPSA) is 110 Å². The van der Waals surface area contributed by atoms with Gasteiger partial charge in [0.25, 0.3) is 5.91 Å². The van der Waals surface area contributed by atoms with Crippen LogP contribution in [0.25, 0.3) is 16.8 Å². The summed E-state index contributed by atoms with van der Waals surface area (Å²) in [4.78, 5) is 12.5. The van der Waals surface area contributed by atoms with Gasteiger partial charge in [0.2, 0.25) is 5.96 Å². The summed E-state index contributed by atoms with van der Waals surface area (Å²) < 4.78 is 40.8. The predicted octanol–water partition coefficient (Wildman–Crippen LogP) is 5.30. The van der Waals surface area contributed by atoms with Gasteiger partial charge in [-0.3, -0.25) is 20.2 Å². The molecular formula is C26H22Cl2F3N7O. The van der Waals surface area contributed by atoms with Gasteiger partial charge in [0, 0.05) is 29.3 Å². The summed E-state index contributed by atoms with van der Waals surface area (Å²) in [7, 11) is 0. The van der Waals surface area contributed by atoms with Crippen LogP contribution in [0.4, 0.5) is 13.2 Å². The summed E-state index contributed by atoms with van der Waals surface area (Å²) in [6.07, 6.45) is -0.299. The van der Waals surface area contributed by atoms with Gasteiger partial charge in [-0.25, -0.2) is 5.84 Å². The summed E-state index contributed by atoms with van der Waals surface area (Å²) in [5.74, 6) is 4.76. The second kappa shape index (κ2) is 11.9. The smallest absolute Gasteiger partial charge is 0.293 e. The summed E-state index contributed by atoms with van der Waals surface area (Å²) in [6, 6.07) is 13.3. The van der Waals surface area contributed by atoms with Gasteiger partial charge in [0.1, 0.15) is 0 Å². The lowest BCUT2D eigenvalue weighted by molar-refractivity contribution is -0.137. The molecule has 2 aromatic carbocycles. The molecule has 1 unspecified atom stereocenters. The van der Waals surface area contributed by atoms with E-state index >= 15 is 0 Å². The van der Waals surface area contributed by atoms with Crippen LogP contribution in [0.1, 0.15) is 33.6 Å². The molecule has 0 bridgehead atoms. The van der Waals surface area contributed by atoms with Crippen molar-refractivity contribution in [3.05, 3.63) is 94.2 Å². The van der Waals surface area contributed by atoms with E-state index in [1.165, 1.54) is 12.1 Å². The quantitative estimate of drug-likeness (QED) is 0.122. The minimum atomic E-state index is -4.44. The molecule has 0 spiro atoms. The number of carbonyl (C=O) groups is 1. The lowest BCUT2D eigenvalue weighted by atomic mass is 10.0. The van der Waals surface area contributed by atoms with E-state index in [-0.39, 0.29) is 11.3 Å². The van der Waals surface area contributed by atoms with Gasteiger partial charge in [0.15, 0.2) is 0 Å². The van der Waals surface area contributed by atoms with Gasteiger partial charge in [-0.1, -0.05) is 41.9 Å². The first-order valence-corrected chi connectivity index (χ1v) is 12.3. The van der Waals surface area contributed by atoms with Crippen molar-refractivity contribution in [2.45, 2.75) is 24.5 Å². The maximum Gasteiger partial charge on any atom is 0.416 e. The zero-order valence-electron chi connectivity index (χ0n) is 20.2. The van der Waals surface area contributed by atoms with Gasteiger partial charge in [-0.05, 0) is 47.5 Å². The fourth-order valence-electron chi connectivity index (χ4n) is 3.89. The number of carbonyl (C=O) groups excluding carboxylic acids is 1. The van der Waals surface area contributed by atoms with Gasteiger partial charge in [0.05, 0.1) is 28.9 Å². The Bertz CT molecular complexity index is 1460. The Morgan fingerprint density at radius 3 is 2.46 bits per heavy atom. The van der Waals surface area contributed by atoms with Crippen LogP contribution < -0.4 is 16.6 Å². The molecule has 1 aromatic heterocycles. The van der Waals surface area contributed by atoms with Crippen LogP contribution in [0.15, 0.2) is 82.0 Å². The highest BCUT2D eigenvalue weighted by atomic mass is 35.5. The van der Waals surface area contributed by atoms with E-state index in [1.54, 1.807) is 41.1 Å². The third-order valence-corrected chi connectivity index (χ3v) is 6.28. The average Bonchev–Trinajstić information content (AvgIpc) is 3.31. The minimum absolute atomic E-state index is 0.0684. The molecule has 8 nitrogen and oxygen atoms in total. The molecule has 3 aromatic rings. The molecule has 1 aliphatic rings. The highest BCUT2D eigenvalue weighted by Gasteiger charge is 2.30. The van der Waals surface area contributed by atoms with Crippen LogP contribution in [0.3, 0.4) is 0 Å². The normalized spacial score (nSPS) is 15.8. The first-order chi connectivity index (χ1) is 18.6. The SMILES string of the molecule is C=N/N=C(\NN)NC(=O)c1ccc(Cn2nc(-c3ccc(C(F)(F)F)cc3)cc2C2=CC(Cl)CC(Cl)=C2)cc1. The Labute approximate surface area is 231 Å². The number of nitrogens with two attached hydrogens (primary N) is 1. The number of hydrazine groups is 1. The van der Waals surface area contributed by atoms with Gasteiger partial charge < -0.3 is 0 Å². The Hall–Kier alpha value is -3.93. The summed E-state index contributed by atoms with van der Waals surface area (Å²) in [5.41, 5.74) is 5.03. The van der Waals surface area contributed by atoms with E-state index in [0.29, 0.717) is 40.5 Å². The van der Waals surface area contributed by atoms with Crippen LogP contribution in [0.5, 0.6) is 0 Å². The zero-order valence-corrected chi connectivity index (χ0v) is 21.7. The molecule has 0 fully saturated rings. The molecule has 13 heteroatoms. The lowest BCUT2D eigenvalue weighted by Gasteiger charge is -2.15. The molecule has 0 saturated heterocycles. The maximum atomic E-state index is 13.0. The van der Waals surface area contributed by atoms with Crippen molar-refractivity contribution in [3.63, 3.8) is 0 Å². The number of amides is 1. The summed E-state index contributed by atoms with van der Waals surface area (Å²) in [5, 5.41) is 14.2. The number of aromatic nitrogens is 2. The van der Waals surface area contributed by atoms with Crippen LogP contribution >= 0.6 is 23.2 Å². The lowest BCUT2D eigenvalue weighted by Crippen LogP contribution is -2.44. The molecule has 1 heterocycles. The highest BCUT2D eigenvalue weighted by molar-refractivity contribution is 6.32. The van der Waals surface area contributed by atoms with Crippen LogP contribution in [-0.2, 0) is 12.7 Å². The first kappa shape index (κ1) is 28.1. The van der Waals surface area contributed by atoms with E-state index in [9.17, 15) is 18.0 Å². The van der Waals surface area contributed by atoms with Crippen molar-refractivity contribution in [1.29, 1.82) is 0 Å². The van der Waals surface area contributed by atoms with Gasteiger partial charge in [-0.2, -0.15) is 23.4 Å². The molecule has 0 saturated carbocycles. The Morgan fingerprint density at radius 2 is 1.87 bits per heavy atom. The van der Waals surface area contributed by atoms with E-state index < -0.39 is 17.6 Å². The molecule has 0 radical (unpaired) electrons. The largest absolute Gasteiger partial charge is 0.416 e. The van der Waals surface area contributed by atoms with Crippen molar-refractivity contribution in [3.8, 4) is 11.3 Å². The van der Waals surface area contributed by atoms with E-state index in [1.807, 2.05) is 6.08 Å². The van der Waals surface area contributed by atoms with E-state index in [4.69, 9.17) is 29.0 Å². The number of benzene rings is 2. The van der Waals surface area contributed by atoms with Crippen LogP contribution in [-0.4, -0.2) is 33.7 Å². The summed E-state index contributed by atoms with van der Waals surface area (Å²) in [6.45, 7) is 3.50. The standard InChI is InChI=1S/C26H22Cl2F3N7O/c1-33-36-25(35-32)34-24(39)17-4-2-15(3-5-17)14-38-23(18-10-20(27)12-21(28)11-18)13-22(37-38)16-6-8-19(9-7-16)26(29,30)31/h2-11,13,20H,1,12,14,32H2,(H2,34,35,36,39). The van der Waals surface area contributed by atoms with E-state index in [2.05, 4.69) is 32.8 Å². The number of halogens is 5. The number of allylic oxidation sites excluding steroid dienone is 4. The van der Waals surface area contributed by atoms with Crippen molar-refractivity contribution in [2.75, 3.05) is 0 Å². The number of rotatable bonds is 6. The van der Waals surface area contributed by atoms with Crippen molar-refractivity contribution in [1.82, 2.24) is 20.5 Å². The highest BCUT2D eigenvalue weighted by Crippen LogP contribution is 2.34. The third kappa shape index (κ3) is 6.94. The Balaban J connectivity index is 1.64. The molecule has 39 heavy (non-hydrogen) atoms. The number of guanidine groups is 1. The second-order valence-electron chi connectivity index (χ2n) is 8.47. The van der Waals surface area contributed by atoms with Crippen LogP contribution in [0, 0.1) is 0 Å². The number of alkyl halides is 4.